The predicted octanol–water partition coefficient (Wildman–Crippen LogP) is 2.74. The van der Waals surface area contributed by atoms with Crippen LogP contribution in [0.4, 0.5) is 17.1 Å². The molecule has 1 heterocycles. The first-order chi connectivity index (χ1) is 18.5. The van der Waals surface area contributed by atoms with E-state index in [9.17, 15) is 27.6 Å². The number of nitrogens with two attached hydrogens (primary N) is 1. The number of nitrogens with zero attached hydrogens (tertiary/aromatic N) is 1. The van der Waals surface area contributed by atoms with Gasteiger partial charge in [-0.15, -0.1) is 0 Å². The Morgan fingerprint density at radius 3 is 2.21 bits per heavy atom. The van der Waals surface area contributed by atoms with Crippen LogP contribution in [-0.4, -0.2) is 39.2 Å². The average molecular weight is 569 g/mol. The lowest BCUT2D eigenvalue weighted by Crippen LogP contribution is -2.32. The summed E-state index contributed by atoms with van der Waals surface area (Å²) < 4.78 is 27.4. The Balaban J connectivity index is 1.41. The number of esters is 1. The van der Waals surface area contributed by atoms with Crippen molar-refractivity contribution in [1.29, 1.82) is 0 Å². The number of halogens is 1. The van der Waals surface area contributed by atoms with Gasteiger partial charge in [-0.2, -0.15) is 0 Å². The van der Waals surface area contributed by atoms with Crippen molar-refractivity contribution in [3.05, 3.63) is 94.7 Å². The molecule has 0 fully saturated rings. The third-order valence-corrected chi connectivity index (χ3v) is 6.89. The maximum Gasteiger partial charge on any atom is 0.337 e. The molecule has 0 saturated carbocycles. The van der Waals surface area contributed by atoms with Crippen LogP contribution < -0.4 is 20.7 Å². The third kappa shape index (κ3) is 6.14. The van der Waals surface area contributed by atoms with Gasteiger partial charge < -0.3 is 15.4 Å². The molecule has 0 aliphatic carbocycles. The van der Waals surface area contributed by atoms with Gasteiger partial charge in [0.15, 0.2) is 0 Å². The van der Waals surface area contributed by atoms with E-state index in [-0.39, 0.29) is 39.2 Å². The van der Waals surface area contributed by atoms with Crippen LogP contribution in [-0.2, 0) is 35.6 Å². The van der Waals surface area contributed by atoms with Crippen molar-refractivity contribution < 1.29 is 32.3 Å². The number of hydrogen-bond donors (Lipinski definition) is 3. The fourth-order valence-corrected chi connectivity index (χ4v) is 4.43. The van der Waals surface area contributed by atoms with Gasteiger partial charge in [-0.05, 0) is 60.2 Å². The normalized spacial score (nSPS) is 13.5. The van der Waals surface area contributed by atoms with E-state index in [1.807, 2.05) is 0 Å². The summed E-state index contributed by atoms with van der Waals surface area (Å²) in [5.74, 6) is -2.42. The number of methoxy groups -OCH3 is 1. The fraction of sp³-hybridized carbons (Fsp3) is 0.0769. The molecule has 11 nitrogen and oxygen atoms in total. The maximum absolute atomic E-state index is 13.0. The standard InChI is InChI=1S/C26H21ClN4O7S/c1-38-26(35)16-3-2-4-19(14-16)31-24(33)22(27)23(25(31)34)30-18-7-5-15(6-8-18)13-21(32)29-17-9-11-20(12-10-17)39(28,36)37/h2-12,14,30H,13H2,1H3,(H,29,32)(H2,28,36,37). The van der Waals surface area contributed by atoms with Crippen molar-refractivity contribution in [3.63, 3.8) is 0 Å². The molecule has 1 aliphatic rings. The van der Waals surface area contributed by atoms with Crippen molar-refractivity contribution in [2.45, 2.75) is 11.3 Å². The van der Waals surface area contributed by atoms with Crippen LogP contribution in [0.15, 0.2) is 88.4 Å². The van der Waals surface area contributed by atoms with Crippen LogP contribution in [0.1, 0.15) is 15.9 Å². The van der Waals surface area contributed by atoms with Crippen LogP contribution in [0, 0.1) is 0 Å². The summed E-state index contributed by atoms with van der Waals surface area (Å²) in [7, 11) is -2.61. The summed E-state index contributed by atoms with van der Waals surface area (Å²) in [6.07, 6.45) is 0.0163. The van der Waals surface area contributed by atoms with Gasteiger partial charge in [-0.1, -0.05) is 29.8 Å². The van der Waals surface area contributed by atoms with Crippen molar-refractivity contribution in [2.24, 2.45) is 5.14 Å². The van der Waals surface area contributed by atoms with Crippen molar-refractivity contribution >= 4 is 62.4 Å². The lowest BCUT2D eigenvalue weighted by molar-refractivity contribution is -0.120. The summed E-state index contributed by atoms with van der Waals surface area (Å²) in [6, 6.07) is 17.8. The molecule has 0 atom stereocenters. The number of benzene rings is 3. The smallest absolute Gasteiger partial charge is 0.337 e. The summed E-state index contributed by atoms with van der Waals surface area (Å²) in [5.41, 5.74) is 1.67. The largest absolute Gasteiger partial charge is 0.465 e. The van der Waals surface area contributed by atoms with E-state index >= 15 is 0 Å². The van der Waals surface area contributed by atoms with E-state index in [2.05, 4.69) is 15.4 Å². The monoisotopic (exact) mass is 568 g/mol. The molecule has 0 bridgehead atoms. The van der Waals surface area contributed by atoms with Gasteiger partial charge in [-0.3, -0.25) is 14.4 Å². The number of amides is 3. The summed E-state index contributed by atoms with van der Waals surface area (Å²) >= 11 is 6.18. The average Bonchev–Trinajstić information content (AvgIpc) is 3.12. The van der Waals surface area contributed by atoms with E-state index in [0.717, 1.165) is 4.90 Å². The van der Waals surface area contributed by atoms with E-state index in [4.69, 9.17) is 16.7 Å². The number of sulfonamides is 1. The number of anilines is 3. The van der Waals surface area contributed by atoms with Crippen molar-refractivity contribution in [2.75, 3.05) is 22.6 Å². The number of imide groups is 1. The Labute approximate surface area is 228 Å². The third-order valence-electron chi connectivity index (χ3n) is 5.61. The van der Waals surface area contributed by atoms with E-state index in [0.29, 0.717) is 16.9 Å². The van der Waals surface area contributed by atoms with Gasteiger partial charge >= 0.3 is 5.97 Å². The fourth-order valence-electron chi connectivity index (χ4n) is 3.70. The second kappa shape index (κ2) is 11.1. The summed E-state index contributed by atoms with van der Waals surface area (Å²) in [6.45, 7) is 0. The Morgan fingerprint density at radius 2 is 1.59 bits per heavy atom. The molecule has 13 heteroatoms. The number of carbonyl (C=O) groups excluding carboxylic acids is 4. The molecule has 1 aliphatic heterocycles. The molecule has 3 amide bonds. The molecule has 0 spiro atoms. The minimum Gasteiger partial charge on any atom is -0.465 e. The van der Waals surface area contributed by atoms with Crippen LogP contribution in [0.5, 0.6) is 0 Å². The lowest BCUT2D eigenvalue weighted by atomic mass is 10.1. The predicted molar refractivity (Wildman–Crippen MR) is 143 cm³/mol. The van der Waals surface area contributed by atoms with Gasteiger partial charge in [0.2, 0.25) is 15.9 Å². The molecular weight excluding hydrogens is 548 g/mol. The molecule has 0 aromatic heterocycles. The van der Waals surface area contributed by atoms with E-state index in [1.165, 1.54) is 55.6 Å². The molecule has 39 heavy (non-hydrogen) atoms. The molecular formula is C26H21ClN4O7S. The minimum absolute atomic E-state index is 0.0163. The Kier molecular flexibility index (Phi) is 7.81. The van der Waals surface area contributed by atoms with Crippen molar-refractivity contribution in [1.82, 2.24) is 0 Å². The molecule has 4 N–H and O–H groups in total. The first-order valence-electron chi connectivity index (χ1n) is 11.2. The van der Waals surface area contributed by atoms with Gasteiger partial charge in [0.1, 0.15) is 10.7 Å². The Morgan fingerprint density at radius 1 is 0.949 bits per heavy atom. The lowest BCUT2D eigenvalue weighted by Gasteiger charge is -2.16. The molecule has 0 saturated heterocycles. The number of carbonyl (C=O) groups is 4. The highest BCUT2D eigenvalue weighted by molar-refractivity contribution is 7.89. The van der Waals surface area contributed by atoms with Crippen LogP contribution in [0.2, 0.25) is 0 Å². The minimum atomic E-state index is -3.83. The molecule has 4 rings (SSSR count). The maximum atomic E-state index is 13.0. The van der Waals surface area contributed by atoms with Crippen molar-refractivity contribution in [3.8, 4) is 0 Å². The van der Waals surface area contributed by atoms with Gasteiger partial charge in [0.25, 0.3) is 11.8 Å². The van der Waals surface area contributed by atoms with Gasteiger partial charge in [0.05, 0.1) is 29.7 Å². The molecule has 3 aromatic carbocycles. The SMILES string of the molecule is COC(=O)c1cccc(N2C(=O)C(Cl)=C(Nc3ccc(CC(=O)Nc4ccc(S(N)(=O)=O)cc4)cc3)C2=O)c1. The van der Waals surface area contributed by atoms with E-state index in [1.54, 1.807) is 24.3 Å². The zero-order chi connectivity index (χ0) is 28.3. The van der Waals surface area contributed by atoms with E-state index < -0.39 is 27.8 Å². The second-order valence-electron chi connectivity index (χ2n) is 8.29. The molecule has 200 valence electrons. The van der Waals surface area contributed by atoms with Crippen LogP contribution in [0.3, 0.4) is 0 Å². The molecule has 0 radical (unpaired) electrons. The summed E-state index contributed by atoms with van der Waals surface area (Å²) in [5, 5.41) is 10.3. The highest BCUT2D eigenvalue weighted by atomic mass is 35.5. The molecule has 0 unspecified atom stereocenters. The topological polar surface area (TPSA) is 165 Å². The number of nitrogens with one attached hydrogen (secondary N) is 2. The highest BCUT2D eigenvalue weighted by Gasteiger charge is 2.39. The van der Waals surface area contributed by atoms with Gasteiger partial charge in [0, 0.05) is 11.4 Å². The first-order valence-corrected chi connectivity index (χ1v) is 13.2. The summed E-state index contributed by atoms with van der Waals surface area (Å²) in [4.78, 5) is 50.8. The molecule has 3 aromatic rings. The highest BCUT2D eigenvalue weighted by Crippen LogP contribution is 2.30. The zero-order valence-corrected chi connectivity index (χ0v) is 21.9. The number of rotatable bonds is 8. The quantitative estimate of drug-likeness (QED) is 0.275. The Hall–Kier alpha value is -4.52. The van der Waals surface area contributed by atoms with Crippen LogP contribution in [0.25, 0.3) is 0 Å². The number of hydrogen-bond acceptors (Lipinski definition) is 8. The van der Waals surface area contributed by atoms with Gasteiger partial charge in [-0.25, -0.2) is 23.3 Å². The number of ether oxygens (including phenoxy) is 1. The Bertz CT molecular complexity index is 1620. The number of primary sulfonamides is 1. The van der Waals surface area contributed by atoms with Crippen LogP contribution >= 0.6 is 11.6 Å². The first kappa shape index (κ1) is 27.5. The second-order valence-corrected chi connectivity index (χ2v) is 10.2. The zero-order valence-electron chi connectivity index (χ0n) is 20.3.